The normalized spacial score (nSPS) is 11.1. The monoisotopic (exact) mass is 391 g/mol. The van der Waals surface area contributed by atoms with Gasteiger partial charge in [0.25, 0.3) is 5.91 Å². The molecule has 4 aromatic rings. The minimum absolute atomic E-state index is 0.162. The van der Waals surface area contributed by atoms with Crippen LogP contribution in [0.5, 0.6) is 0 Å². The maximum atomic E-state index is 13.3. The van der Waals surface area contributed by atoms with E-state index in [2.05, 4.69) is 29.1 Å². The zero-order valence-corrected chi connectivity index (χ0v) is 16.9. The van der Waals surface area contributed by atoms with Gasteiger partial charge in [0.2, 0.25) is 0 Å². The molecule has 0 radical (unpaired) electrons. The number of nitrogens with zero attached hydrogens (tertiary/aromatic N) is 5. The number of aromatic nitrogens is 4. The molecule has 0 bridgehead atoms. The van der Waals surface area contributed by atoms with Crippen LogP contribution in [0.2, 0.25) is 0 Å². The molecule has 4 rings (SSSR count). The Kier molecular flexibility index (Phi) is 4.92. The Balaban J connectivity index is 1.79. The lowest BCUT2D eigenvalue weighted by atomic mass is 10.1. The SMILES string of the molecule is CCn1ccc(C(=O)N(Cc2cccnc2)c2nc3c(C)ccc(C)c3s2)n1. The van der Waals surface area contributed by atoms with Crippen LogP contribution in [0.1, 0.15) is 34.1 Å². The molecule has 0 aliphatic rings. The van der Waals surface area contributed by atoms with Gasteiger partial charge in [-0.15, -0.1) is 0 Å². The van der Waals surface area contributed by atoms with Gasteiger partial charge in [0, 0.05) is 25.1 Å². The summed E-state index contributed by atoms with van der Waals surface area (Å²) in [5.74, 6) is -0.162. The summed E-state index contributed by atoms with van der Waals surface area (Å²) >= 11 is 1.54. The molecule has 0 aliphatic carbocycles. The third kappa shape index (κ3) is 3.41. The Labute approximate surface area is 167 Å². The molecule has 28 heavy (non-hydrogen) atoms. The summed E-state index contributed by atoms with van der Waals surface area (Å²) in [6.07, 6.45) is 5.32. The van der Waals surface area contributed by atoms with Crippen LogP contribution in [0.15, 0.2) is 48.9 Å². The largest absolute Gasteiger partial charge is 0.280 e. The van der Waals surface area contributed by atoms with E-state index in [0.29, 0.717) is 17.4 Å². The minimum atomic E-state index is -0.162. The highest BCUT2D eigenvalue weighted by molar-refractivity contribution is 7.22. The Morgan fingerprint density at radius 2 is 2.00 bits per heavy atom. The number of amides is 1. The molecule has 0 aliphatic heterocycles. The number of anilines is 1. The highest BCUT2D eigenvalue weighted by atomic mass is 32.1. The second kappa shape index (κ2) is 7.52. The summed E-state index contributed by atoms with van der Waals surface area (Å²) in [4.78, 5) is 24.0. The summed E-state index contributed by atoms with van der Waals surface area (Å²) < 4.78 is 2.86. The van der Waals surface area contributed by atoms with Crippen LogP contribution in [-0.2, 0) is 13.1 Å². The maximum absolute atomic E-state index is 13.3. The van der Waals surface area contributed by atoms with E-state index in [1.807, 2.05) is 32.2 Å². The van der Waals surface area contributed by atoms with Gasteiger partial charge in [-0.1, -0.05) is 29.5 Å². The Bertz CT molecular complexity index is 1090. The smallest absolute Gasteiger partial charge is 0.278 e. The molecule has 0 unspecified atom stereocenters. The van der Waals surface area contributed by atoms with E-state index in [0.717, 1.165) is 33.5 Å². The van der Waals surface area contributed by atoms with Crippen molar-refractivity contribution in [3.8, 4) is 0 Å². The lowest BCUT2D eigenvalue weighted by Crippen LogP contribution is -2.30. The van der Waals surface area contributed by atoms with Gasteiger partial charge in [-0.2, -0.15) is 5.10 Å². The van der Waals surface area contributed by atoms with Crippen molar-refractivity contribution in [1.82, 2.24) is 19.7 Å². The Morgan fingerprint density at radius 3 is 2.68 bits per heavy atom. The molecule has 0 saturated carbocycles. The van der Waals surface area contributed by atoms with Crippen LogP contribution < -0.4 is 4.90 Å². The number of carbonyl (C=O) groups excluding carboxylic acids is 1. The van der Waals surface area contributed by atoms with Gasteiger partial charge in [0.15, 0.2) is 10.8 Å². The van der Waals surface area contributed by atoms with Gasteiger partial charge >= 0.3 is 0 Å². The third-order valence-corrected chi connectivity index (χ3v) is 5.87. The Hall–Kier alpha value is -3.06. The fourth-order valence-electron chi connectivity index (χ4n) is 3.05. The average Bonchev–Trinajstić information content (AvgIpc) is 3.37. The summed E-state index contributed by atoms with van der Waals surface area (Å²) in [7, 11) is 0. The van der Waals surface area contributed by atoms with Crippen molar-refractivity contribution < 1.29 is 4.79 Å². The van der Waals surface area contributed by atoms with Crippen molar-refractivity contribution >= 4 is 32.6 Å². The summed E-state index contributed by atoms with van der Waals surface area (Å²) in [5.41, 5.74) is 4.57. The number of benzene rings is 1. The quantitative estimate of drug-likeness (QED) is 0.507. The van der Waals surface area contributed by atoms with Gasteiger partial charge in [0.1, 0.15) is 0 Å². The second-order valence-electron chi connectivity index (χ2n) is 6.68. The fourth-order valence-corrected chi connectivity index (χ4v) is 4.16. The predicted molar refractivity (Wildman–Crippen MR) is 112 cm³/mol. The van der Waals surface area contributed by atoms with E-state index >= 15 is 0 Å². The molecule has 1 aromatic carbocycles. The molecule has 0 spiro atoms. The Morgan fingerprint density at radius 1 is 1.18 bits per heavy atom. The minimum Gasteiger partial charge on any atom is -0.278 e. The third-order valence-electron chi connectivity index (χ3n) is 4.65. The summed E-state index contributed by atoms with van der Waals surface area (Å²) in [6, 6.07) is 9.75. The first-order valence-electron chi connectivity index (χ1n) is 9.17. The van der Waals surface area contributed by atoms with Gasteiger partial charge in [-0.25, -0.2) is 4.98 Å². The lowest BCUT2D eigenvalue weighted by Gasteiger charge is -2.18. The number of hydrogen-bond donors (Lipinski definition) is 0. The predicted octanol–water partition coefficient (Wildman–Crippen LogP) is 4.37. The van der Waals surface area contributed by atoms with Crippen molar-refractivity contribution in [3.63, 3.8) is 0 Å². The molecular formula is C21H21N5OS. The van der Waals surface area contributed by atoms with Crippen LogP contribution in [0.25, 0.3) is 10.2 Å². The zero-order chi connectivity index (χ0) is 19.7. The molecule has 0 fully saturated rings. The summed E-state index contributed by atoms with van der Waals surface area (Å²) in [6.45, 7) is 7.22. The molecule has 6 nitrogen and oxygen atoms in total. The van der Waals surface area contributed by atoms with Gasteiger partial charge < -0.3 is 0 Å². The lowest BCUT2D eigenvalue weighted by molar-refractivity contribution is 0.0979. The van der Waals surface area contributed by atoms with Gasteiger partial charge in [-0.3, -0.25) is 19.4 Å². The van der Waals surface area contributed by atoms with Crippen molar-refractivity contribution in [1.29, 1.82) is 0 Å². The highest BCUT2D eigenvalue weighted by Crippen LogP contribution is 2.34. The molecule has 7 heteroatoms. The number of pyridine rings is 1. The van der Waals surface area contributed by atoms with Crippen LogP contribution >= 0.6 is 11.3 Å². The molecular weight excluding hydrogens is 370 g/mol. The van der Waals surface area contributed by atoms with Crippen molar-refractivity contribution in [3.05, 3.63) is 71.3 Å². The first kappa shape index (κ1) is 18.3. The zero-order valence-electron chi connectivity index (χ0n) is 16.1. The van der Waals surface area contributed by atoms with Crippen molar-refractivity contribution in [2.45, 2.75) is 33.9 Å². The van der Waals surface area contributed by atoms with E-state index in [4.69, 9.17) is 4.98 Å². The van der Waals surface area contributed by atoms with Crippen molar-refractivity contribution in [2.24, 2.45) is 0 Å². The first-order valence-corrected chi connectivity index (χ1v) is 9.99. The molecule has 1 amide bonds. The number of fused-ring (bicyclic) bond motifs is 1. The molecule has 3 aromatic heterocycles. The molecule has 0 atom stereocenters. The molecule has 0 saturated heterocycles. The van der Waals surface area contributed by atoms with E-state index in [9.17, 15) is 4.79 Å². The molecule has 3 heterocycles. The topological polar surface area (TPSA) is 63.9 Å². The number of carbonyl (C=O) groups is 1. The van der Waals surface area contributed by atoms with E-state index in [1.165, 1.54) is 11.3 Å². The average molecular weight is 392 g/mol. The van der Waals surface area contributed by atoms with Crippen LogP contribution in [0, 0.1) is 13.8 Å². The molecule has 0 N–H and O–H groups in total. The second-order valence-corrected chi connectivity index (χ2v) is 7.66. The molecule has 142 valence electrons. The van der Waals surface area contributed by atoms with E-state index in [-0.39, 0.29) is 5.91 Å². The van der Waals surface area contributed by atoms with Crippen molar-refractivity contribution in [2.75, 3.05) is 4.90 Å². The van der Waals surface area contributed by atoms with Crippen LogP contribution in [0.4, 0.5) is 5.13 Å². The standard InChI is InChI=1S/C21H21N5OS/c1-4-25-11-9-17(24-25)20(27)26(13-16-6-5-10-22-12-16)21-23-18-14(2)7-8-15(3)19(18)28-21/h5-12H,4,13H2,1-3H3. The van der Waals surface area contributed by atoms with E-state index in [1.54, 1.807) is 28.0 Å². The number of rotatable bonds is 5. The van der Waals surface area contributed by atoms with Crippen LogP contribution in [0.3, 0.4) is 0 Å². The number of aryl methyl sites for hydroxylation is 3. The fraction of sp³-hybridized carbons (Fsp3) is 0.238. The van der Waals surface area contributed by atoms with Crippen LogP contribution in [-0.4, -0.2) is 25.7 Å². The first-order chi connectivity index (χ1) is 13.6. The maximum Gasteiger partial charge on any atom is 0.280 e. The highest BCUT2D eigenvalue weighted by Gasteiger charge is 2.24. The number of hydrogen-bond acceptors (Lipinski definition) is 5. The van der Waals surface area contributed by atoms with Gasteiger partial charge in [-0.05, 0) is 49.6 Å². The summed E-state index contributed by atoms with van der Waals surface area (Å²) in [5, 5.41) is 5.07. The van der Waals surface area contributed by atoms with E-state index < -0.39 is 0 Å². The van der Waals surface area contributed by atoms with Gasteiger partial charge in [0.05, 0.1) is 16.8 Å². The number of thiazole rings is 1.